The second-order valence-corrected chi connectivity index (χ2v) is 4.79. The Kier molecular flexibility index (Phi) is 5.22. The van der Waals surface area contributed by atoms with Gasteiger partial charge >= 0.3 is 5.97 Å². The summed E-state index contributed by atoms with van der Waals surface area (Å²) < 4.78 is 10.7. The molecule has 0 unspecified atom stereocenters. The number of aromatic carboxylic acids is 1. The lowest BCUT2D eigenvalue weighted by Gasteiger charge is -2.11. The average Bonchev–Trinajstić information content (AvgIpc) is 3.04. The molecule has 2 N–H and O–H groups in total. The number of furan rings is 1. The van der Waals surface area contributed by atoms with Crippen molar-refractivity contribution in [3.8, 4) is 17.9 Å². The smallest absolute Gasteiger partial charge is 0.371 e. The molecule has 0 atom stereocenters. The van der Waals surface area contributed by atoms with Gasteiger partial charge in [-0.1, -0.05) is 6.07 Å². The number of carbonyl (C=O) groups is 1. The monoisotopic (exact) mass is 323 g/mol. The van der Waals surface area contributed by atoms with E-state index in [1.165, 1.54) is 18.3 Å². The Hall–Kier alpha value is -3.71. The van der Waals surface area contributed by atoms with Crippen molar-refractivity contribution in [1.82, 2.24) is 0 Å². The summed E-state index contributed by atoms with van der Waals surface area (Å²) in [5.41, 5.74) is 1.46. The summed E-state index contributed by atoms with van der Waals surface area (Å²) in [4.78, 5) is 10.8. The fourth-order valence-electron chi connectivity index (χ4n) is 1.84. The average molecular weight is 323 g/mol. The fourth-order valence-corrected chi connectivity index (χ4v) is 1.84. The van der Waals surface area contributed by atoms with Crippen LogP contribution < -0.4 is 10.1 Å². The summed E-state index contributed by atoms with van der Waals surface area (Å²) in [6, 6.07) is 11.7. The van der Waals surface area contributed by atoms with E-state index in [-0.39, 0.29) is 17.9 Å². The Labute approximate surface area is 138 Å². The van der Waals surface area contributed by atoms with E-state index in [9.17, 15) is 4.79 Å². The molecule has 120 valence electrons. The van der Waals surface area contributed by atoms with Crippen molar-refractivity contribution in [1.29, 1.82) is 10.5 Å². The lowest BCUT2D eigenvalue weighted by Crippen LogP contribution is -1.99. The zero-order valence-corrected chi connectivity index (χ0v) is 12.7. The van der Waals surface area contributed by atoms with Gasteiger partial charge in [0.15, 0.2) is 0 Å². The highest BCUT2D eigenvalue weighted by molar-refractivity contribution is 5.84. The lowest BCUT2D eigenvalue weighted by molar-refractivity contribution is 0.0658. The molecule has 1 aromatic carbocycles. The van der Waals surface area contributed by atoms with Crippen molar-refractivity contribution in [2.24, 2.45) is 0 Å². The van der Waals surface area contributed by atoms with E-state index >= 15 is 0 Å². The van der Waals surface area contributed by atoms with Gasteiger partial charge in [0.05, 0.1) is 5.69 Å². The van der Waals surface area contributed by atoms with E-state index < -0.39 is 5.97 Å². The second-order valence-electron chi connectivity index (χ2n) is 4.79. The molecule has 1 aromatic heterocycles. The summed E-state index contributed by atoms with van der Waals surface area (Å²) in [5.74, 6) is -0.472. The Bertz CT molecular complexity index is 853. The first-order chi connectivity index (χ1) is 11.5. The number of anilines is 1. The number of rotatable bonds is 6. The lowest BCUT2D eigenvalue weighted by atomic mass is 10.2. The highest BCUT2D eigenvalue weighted by atomic mass is 16.5. The largest absolute Gasteiger partial charge is 0.483 e. The molecule has 0 bridgehead atoms. The maximum Gasteiger partial charge on any atom is 0.371 e. The third-order valence-electron chi connectivity index (χ3n) is 2.99. The predicted molar refractivity (Wildman–Crippen MR) is 84.1 cm³/mol. The van der Waals surface area contributed by atoms with Crippen LogP contribution in [-0.4, -0.2) is 11.1 Å². The summed E-state index contributed by atoms with van der Waals surface area (Å²) in [5, 5.41) is 29.2. The first-order valence-electron chi connectivity index (χ1n) is 6.86. The number of nitriles is 2. The van der Waals surface area contributed by atoms with Gasteiger partial charge in [-0.3, -0.25) is 0 Å². The van der Waals surface area contributed by atoms with Gasteiger partial charge in [0.2, 0.25) is 5.76 Å². The van der Waals surface area contributed by atoms with Crippen LogP contribution in [0.25, 0.3) is 0 Å². The second kappa shape index (κ2) is 7.52. The van der Waals surface area contributed by atoms with Crippen LogP contribution in [0.15, 0.2) is 46.5 Å². The molecule has 0 aliphatic carbocycles. The molecule has 2 rings (SSSR count). The zero-order chi connectivity index (χ0) is 17.5. The maximum absolute atomic E-state index is 10.8. The highest BCUT2D eigenvalue weighted by Gasteiger charge is 2.10. The van der Waals surface area contributed by atoms with Crippen LogP contribution in [0.2, 0.25) is 0 Å². The first kappa shape index (κ1) is 16.7. The zero-order valence-electron chi connectivity index (χ0n) is 12.7. The van der Waals surface area contributed by atoms with Crippen molar-refractivity contribution >= 4 is 11.7 Å². The highest BCUT2D eigenvalue weighted by Crippen LogP contribution is 2.27. The van der Waals surface area contributed by atoms with Gasteiger partial charge in [-0.15, -0.1) is 0 Å². The molecule has 0 aliphatic heterocycles. The SMILES string of the molecule is Cc1ccc(OCc2ccc(C(=O)O)o2)c(NC=C(C#N)C#N)c1. The van der Waals surface area contributed by atoms with Gasteiger partial charge in [-0.2, -0.15) is 10.5 Å². The topological polar surface area (TPSA) is 119 Å². The number of carboxylic acid groups (broad SMARTS) is 1. The number of ether oxygens (including phenoxy) is 1. The first-order valence-corrected chi connectivity index (χ1v) is 6.86. The number of aryl methyl sites for hydroxylation is 1. The van der Waals surface area contributed by atoms with Crippen molar-refractivity contribution in [2.45, 2.75) is 13.5 Å². The summed E-state index contributed by atoms with van der Waals surface area (Å²) in [6.45, 7) is 1.93. The minimum absolute atomic E-state index is 0.0398. The Morgan fingerprint density at radius 3 is 2.71 bits per heavy atom. The van der Waals surface area contributed by atoms with Crippen LogP contribution in [0.4, 0.5) is 5.69 Å². The molecular formula is C17H13N3O4. The third kappa shape index (κ3) is 4.15. The molecule has 1 heterocycles. The molecule has 24 heavy (non-hydrogen) atoms. The normalized spacial score (nSPS) is 9.46. The molecule has 0 aliphatic rings. The molecule has 0 spiro atoms. The molecule has 0 saturated carbocycles. The number of nitrogens with one attached hydrogen (secondary N) is 1. The molecule has 0 radical (unpaired) electrons. The number of hydrogen-bond donors (Lipinski definition) is 2. The minimum Gasteiger partial charge on any atom is -0.483 e. The number of carboxylic acids is 1. The molecule has 7 nitrogen and oxygen atoms in total. The maximum atomic E-state index is 10.8. The number of allylic oxidation sites excluding steroid dienone is 1. The molecule has 0 fully saturated rings. The molecule has 2 aromatic rings. The van der Waals surface area contributed by atoms with E-state index in [0.717, 1.165) is 5.56 Å². The van der Waals surface area contributed by atoms with Crippen LogP contribution in [-0.2, 0) is 6.61 Å². The van der Waals surface area contributed by atoms with E-state index in [0.29, 0.717) is 17.2 Å². The van der Waals surface area contributed by atoms with Gasteiger partial charge < -0.3 is 19.6 Å². The van der Waals surface area contributed by atoms with Crippen LogP contribution in [0.5, 0.6) is 5.75 Å². The number of nitrogens with zero attached hydrogens (tertiary/aromatic N) is 2. The van der Waals surface area contributed by atoms with Crippen molar-refractivity contribution < 1.29 is 19.1 Å². The fraction of sp³-hybridized carbons (Fsp3) is 0.118. The third-order valence-corrected chi connectivity index (χ3v) is 2.99. The van der Waals surface area contributed by atoms with E-state index in [1.54, 1.807) is 24.3 Å². The standard InChI is InChI=1S/C17H13N3O4/c1-11-2-4-15(14(6-11)20-9-12(7-18)8-19)23-10-13-3-5-16(24-13)17(21)22/h2-6,9,20H,10H2,1H3,(H,21,22). The predicted octanol–water partition coefficient (Wildman–Crippen LogP) is 3.21. The van der Waals surface area contributed by atoms with Gasteiger partial charge in [-0.05, 0) is 36.8 Å². The van der Waals surface area contributed by atoms with Gasteiger partial charge in [0, 0.05) is 6.20 Å². The summed E-state index contributed by atoms with van der Waals surface area (Å²) in [6.07, 6.45) is 1.29. The summed E-state index contributed by atoms with van der Waals surface area (Å²) >= 11 is 0. The van der Waals surface area contributed by atoms with Crippen molar-refractivity contribution in [2.75, 3.05) is 5.32 Å². The Morgan fingerprint density at radius 1 is 1.33 bits per heavy atom. The van der Waals surface area contributed by atoms with Crippen LogP contribution in [0, 0.1) is 29.6 Å². The van der Waals surface area contributed by atoms with Crippen LogP contribution in [0.3, 0.4) is 0 Å². The number of hydrogen-bond acceptors (Lipinski definition) is 6. The number of benzene rings is 1. The minimum atomic E-state index is -1.15. The van der Waals surface area contributed by atoms with Gasteiger partial charge in [0.25, 0.3) is 0 Å². The van der Waals surface area contributed by atoms with E-state index in [4.69, 9.17) is 24.8 Å². The Balaban J connectivity index is 2.15. The molecular weight excluding hydrogens is 310 g/mol. The van der Waals surface area contributed by atoms with E-state index in [2.05, 4.69) is 5.32 Å². The summed E-state index contributed by atoms with van der Waals surface area (Å²) in [7, 11) is 0. The van der Waals surface area contributed by atoms with Gasteiger partial charge in [0.1, 0.15) is 35.8 Å². The van der Waals surface area contributed by atoms with Gasteiger partial charge in [-0.25, -0.2) is 4.79 Å². The van der Waals surface area contributed by atoms with E-state index in [1.807, 2.05) is 13.0 Å². The van der Waals surface area contributed by atoms with Crippen LogP contribution >= 0.6 is 0 Å². The van der Waals surface area contributed by atoms with Crippen molar-refractivity contribution in [3.05, 3.63) is 59.2 Å². The molecule has 0 saturated heterocycles. The molecule has 0 amide bonds. The van der Waals surface area contributed by atoms with Crippen molar-refractivity contribution in [3.63, 3.8) is 0 Å². The molecule has 7 heteroatoms. The van der Waals surface area contributed by atoms with Crippen LogP contribution in [0.1, 0.15) is 21.9 Å². The quantitative estimate of drug-likeness (QED) is 0.783. The Morgan fingerprint density at radius 2 is 2.08 bits per heavy atom.